The highest BCUT2D eigenvalue weighted by Crippen LogP contribution is 2.24. The van der Waals surface area contributed by atoms with Crippen molar-refractivity contribution in [3.8, 4) is 11.3 Å². The van der Waals surface area contributed by atoms with Gasteiger partial charge in [-0.2, -0.15) is 0 Å². The largest absolute Gasteiger partial charge is 0.469 e. The van der Waals surface area contributed by atoms with Crippen molar-refractivity contribution < 1.29 is 8.83 Å². The molecule has 3 heteroatoms. The summed E-state index contributed by atoms with van der Waals surface area (Å²) in [6.07, 6.45) is 4.36. The fraction of sp³-hybridized carbons (Fsp3) is 0. The Morgan fingerprint density at radius 3 is 3.08 bits per heavy atom. The molecule has 0 fully saturated rings. The van der Waals surface area contributed by atoms with Crippen molar-refractivity contribution in [2.45, 2.75) is 0 Å². The summed E-state index contributed by atoms with van der Waals surface area (Å²) < 4.78 is 9.71. The van der Waals surface area contributed by atoms with Gasteiger partial charge >= 0.3 is 5.63 Å². The van der Waals surface area contributed by atoms with Crippen molar-refractivity contribution >= 4 is 6.08 Å². The topological polar surface area (TPSA) is 43.4 Å². The minimum atomic E-state index is -0.374. The first-order valence-electron chi connectivity index (χ1n) is 3.44. The summed E-state index contributed by atoms with van der Waals surface area (Å²) in [6, 6.07) is 1.68. The molecule has 0 aromatic rings. The molecule has 2 heterocycles. The van der Waals surface area contributed by atoms with Crippen LogP contribution in [0, 0.1) is 0 Å². The number of rotatable bonds is 1. The zero-order valence-electron chi connectivity index (χ0n) is 6.24. The van der Waals surface area contributed by atoms with Gasteiger partial charge in [-0.05, 0) is 6.07 Å². The minimum Gasteiger partial charge on any atom is -0.469 e. The molecule has 0 aromatic heterocycles. The summed E-state index contributed by atoms with van der Waals surface area (Å²) in [6.45, 7) is 3.52. The van der Waals surface area contributed by atoms with Crippen molar-refractivity contribution in [2.24, 2.45) is 0 Å². The molecule has 2 aliphatic rings. The molecule has 60 valence electrons. The summed E-state index contributed by atoms with van der Waals surface area (Å²) in [4.78, 5) is 11.1. The van der Waals surface area contributed by atoms with Crippen LogP contribution in [0.5, 0.6) is 0 Å². The lowest BCUT2D eigenvalue weighted by Gasteiger charge is -1.92. The normalized spacial score (nSPS) is 10.3. The maximum Gasteiger partial charge on any atom is 0.344 e. The Morgan fingerprint density at radius 1 is 1.50 bits per heavy atom. The van der Waals surface area contributed by atoms with Gasteiger partial charge in [0.15, 0.2) is 5.76 Å². The maximum atomic E-state index is 11.1. The fourth-order valence-electron chi connectivity index (χ4n) is 1.11. The van der Waals surface area contributed by atoms with Crippen LogP contribution in [0.1, 0.15) is 5.56 Å². The molecule has 0 saturated heterocycles. The first kappa shape index (κ1) is 6.91. The van der Waals surface area contributed by atoms with Gasteiger partial charge in [-0.25, -0.2) is 4.79 Å². The molecule has 0 radical (unpaired) electrons. The van der Waals surface area contributed by atoms with E-state index in [-0.39, 0.29) is 5.63 Å². The Hall–Kier alpha value is -1.77. The van der Waals surface area contributed by atoms with Crippen LogP contribution in [0.15, 0.2) is 38.8 Å². The molecule has 0 atom stereocenters. The van der Waals surface area contributed by atoms with Crippen molar-refractivity contribution in [1.82, 2.24) is 0 Å². The van der Waals surface area contributed by atoms with Crippen LogP contribution < -0.4 is 5.63 Å². The summed E-state index contributed by atoms with van der Waals surface area (Å²) in [5.41, 5.74) is 0.850. The highest BCUT2D eigenvalue weighted by atomic mass is 16.4. The van der Waals surface area contributed by atoms with E-state index in [9.17, 15) is 4.79 Å². The van der Waals surface area contributed by atoms with E-state index >= 15 is 0 Å². The molecule has 0 bridgehead atoms. The standard InChI is InChI=1S/C9H6O3/c1-2-6-7-3-4-11-5-8(7)12-9(6)10/h2-5H,1H2. The molecule has 0 aliphatic carbocycles. The monoisotopic (exact) mass is 162 g/mol. The zero-order chi connectivity index (χ0) is 8.55. The van der Waals surface area contributed by atoms with Gasteiger partial charge in [0.05, 0.1) is 11.8 Å². The SMILES string of the molecule is C=Cc1c2ccocc-2oc1=O. The van der Waals surface area contributed by atoms with Gasteiger partial charge in [0, 0.05) is 5.56 Å². The molecular weight excluding hydrogens is 156 g/mol. The molecule has 3 nitrogen and oxygen atoms in total. The van der Waals surface area contributed by atoms with E-state index in [2.05, 4.69) is 6.58 Å². The van der Waals surface area contributed by atoms with Crippen LogP contribution >= 0.6 is 0 Å². The maximum absolute atomic E-state index is 11.1. The lowest BCUT2D eigenvalue weighted by atomic mass is 10.1. The molecule has 0 aromatic carbocycles. The fourth-order valence-corrected chi connectivity index (χ4v) is 1.11. The number of fused-ring (bicyclic) bond motifs is 1. The molecule has 2 aliphatic heterocycles. The third-order valence-electron chi connectivity index (χ3n) is 1.67. The van der Waals surface area contributed by atoms with Crippen molar-refractivity contribution in [1.29, 1.82) is 0 Å². The van der Waals surface area contributed by atoms with E-state index in [1.54, 1.807) is 6.07 Å². The first-order chi connectivity index (χ1) is 5.83. The smallest absolute Gasteiger partial charge is 0.344 e. The van der Waals surface area contributed by atoms with E-state index < -0.39 is 0 Å². The Kier molecular flexibility index (Phi) is 1.37. The van der Waals surface area contributed by atoms with Crippen molar-refractivity contribution in [2.75, 3.05) is 0 Å². The van der Waals surface area contributed by atoms with Crippen LogP contribution in [-0.2, 0) is 0 Å². The third-order valence-corrected chi connectivity index (χ3v) is 1.67. The molecule has 12 heavy (non-hydrogen) atoms. The van der Waals surface area contributed by atoms with Crippen LogP contribution in [0.25, 0.3) is 17.4 Å². The Labute approximate surface area is 68.3 Å². The van der Waals surface area contributed by atoms with Crippen LogP contribution in [0.4, 0.5) is 0 Å². The third kappa shape index (κ3) is 0.797. The van der Waals surface area contributed by atoms with Crippen molar-refractivity contribution in [3.63, 3.8) is 0 Å². The van der Waals surface area contributed by atoms with E-state index in [0.717, 1.165) is 5.56 Å². The van der Waals surface area contributed by atoms with Gasteiger partial charge in [-0.3, -0.25) is 0 Å². The zero-order valence-corrected chi connectivity index (χ0v) is 6.24. The predicted molar refractivity (Wildman–Crippen MR) is 44.0 cm³/mol. The highest BCUT2D eigenvalue weighted by Gasteiger charge is 2.14. The van der Waals surface area contributed by atoms with Gasteiger partial charge in [-0.15, -0.1) is 0 Å². The summed E-state index contributed by atoms with van der Waals surface area (Å²) in [5.74, 6) is 0.456. The van der Waals surface area contributed by atoms with Gasteiger partial charge in [-0.1, -0.05) is 12.7 Å². The lowest BCUT2D eigenvalue weighted by Crippen LogP contribution is -1.93. The number of hydrogen-bond donors (Lipinski definition) is 0. The molecule has 2 rings (SSSR count). The number of hydrogen-bond acceptors (Lipinski definition) is 3. The second kappa shape index (κ2) is 2.37. The number of furan rings is 1. The van der Waals surface area contributed by atoms with Crippen LogP contribution in [0.3, 0.4) is 0 Å². The Bertz CT molecular complexity index is 436. The van der Waals surface area contributed by atoms with E-state index in [1.807, 2.05) is 0 Å². The lowest BCUT2D eigenvalue weighted by molar-refractivity contribution is 0.493. The van der Waals surface area contributed by atoms with Gasteiger partial charge in [0.2, 0.25) is 0 Å². The Morgan fingerprint density at radius 2 is 2.33 bits per heavy atom. The Balaban J connectivity index is 2.88. The van der Waals surface area contributed by atoms with E-state index in [4.69, 9.17) is 8.83 Å². The molecular formula is C9H6O3. The summed E-state index contributed by atoms with van der Waals surface area (Å²) >= 11 is 0. The van der Waals surface area contributed by atoms with E-state index in [0.29, 0.717) is 11.3 Å². The van der Waals surface area contributed by atoms with Gasteiger partial charge < -0.3 is 8.83 Å². The van der Waals surface area contributed by atoms with E-state index in [1.165, 1.54) is 18.6 Å². The van der Waals surface area contributed by atoms with Crippen LogP contribution in [-0.4, -0.2) is 0 Å². The van der Waals surface area contributed by atoms with Gasteiger partial charge in [0.25, 0.3) is 0 Å². The average molecular weight is 162 g/mol. The van der Waals surface area contributed by atoms with Crippen LogP contribution in [0.2, 0.25) is 0 Å². The second-order valence-corrected chi connectivity index (χ2v) is 2.34. The molecule has 0 spiro atoms. The molecule has 0 amide bonds. The molecule has 0 N–H and O–H groups in total. The average Bonchev–Trinajstić information content (AvgIpc) is 2.40. The predicted octanol–water partition coefficient (Wildman–Crippen LogP) is 1.98. The van der Waals surface area contributed by atoms with Crippen molar-refractivity contribution in [3.05, 3.63) is 41.2 Å². The summed E-state index contributed by atoms with van der Waals surface area (Å²) in [5, 5.41) is 0. The second-order valence-electron chi connectivity index (χ2n) is 2.34. The minimum absolute atomic E-state index is 0.374. The molecule has 0 saturated carbocycles. The first-order valence-corrected chi connectivity index (χ1v) is 3.44. The highest BCUT2D eigenvalue weighted by molar-refractivity contribution is 5.70. The van der Waals surface area contributed by atoms with Gasteiger partial charge in [0.1, 0.15) is 6.26 Å². The molecule has 0 unspecified atom stereocenters. The quantitative estimate of drug-likeness (QED) is 0.643. The summed E-state index contributed by atoms with van der Waals surface area (Å²) in [7, 11) is 0.